The van der Waals surface area contributed by atoms with E-state index in [1.54, 1.807) is 6.07 Å². The van der Waals surface area contributed by atoms with Crippen molar-refractivity contribution in [1.29, 1.82) is 5.26 Å². The molecule has 0 bridgehead atoms. The number of hydrogen-bond donors (Lipinski definition) is 0. The van der Waals surface area contributed by atoms with E-state index in [-0.39, 0.29) is 0 Å². The highest BCUT2D eigenvalue weighted by Crippen LogP contribution is 2.11. The van der Waals surface area contributed by atoms with Crippen molar-refractivity contribution in [2.45, 2.75) is 13.2 Å². The molecule has 90 valence electrons. The molecule has 0 saturated heterocycles. The molecule has 0 N–H and O–H groups in total. The summed E-state index contributed by atoms with van der Waals surface area (Å²) in [5.74, 6) is 0. The number of benzene rings is 2. The lowest BCUT2D eigenvalue weighted by Gasteiger charge is -2.05. The van der Waals surface area contributed by atoms with Gasteiger partial charge in [-0.3, -0.25) is 0 Å². The van der Waals surface area contributed by atoms with Crippen LogP contribution in [0.15, 0.2) is 48.5 Å². The highest BCUT2D eigenvalue weighted by atomic mass is 35.5. The molecular formula is C15H12ClNO. The summed E-state index contributed by atoms with van der Waals surface area (Å²) in [5.41, 5.74) is 2.74. The quantitative estimate of drug-likeness (QED) is 0.831. The van der Waals surface area contributed by atoms with Crippen LogP contribution >= 0.6 is 11.6 Å². The Labute approximate surface area is 111 Å². The van der Waals surface area contributed by atoms with Gasteiger partial charge in [-0.05, 0) is 35.4 Å². The number of nitrogens with zero attached hydrogens (tertiary/aromatic N) is 1. The van der Waals surface area contributed by atoms with Crippen LogP contribution in [0.5, 0.6) is 0 Å². The van der Waals surface area contributed by atoms with Gasteiger partial charge in [0.2, 0.25) is 0 Å². The summed E-state index contributed by atoms with van der Waals surface area (Å²) in [5, 5.41) is 9.51. The third-order valence-corrected chi connectivity index (χ3v) is 2.76. The minimum atomic E-state index is 0.498. The summed E-state index contributed by atoms with van der Waals surface area (Å²) in [6.07, 6.45) is 0. The van der Waals surface area contributed by atoms with Crippen molar-refractivity contribution < 1.29 is 4.74 Å². The Morgan fingerprint density at radius 2 is 1.72 bits per heavy atom. The summed E-state index contributed by atoms with van der Waals surface area (Å²) < 4.78 is 5.59. The molecule has 0 spiro atoms. The second kappa shape index (κ2) is 6.20. The van der Waals surface area contributed by atoms with Gasteiger partial charge < -0.3 is 4.74 Å². The van der Waals surface area contributed by atoms with E-state index in [9.17, 15) is 0 Å². The van der Waals surface area contributed by atoms with Crippen molar-refractivity contribution in [1.82, 2.24) is 0 Å². The molecule has 18 heavy (non-hydrogen) atoms. The monoisotopic (exact) mass is 257 g/mol. The second-order valence-electron chi connectivity index (χ2n) is 3.93. The molecule has 2 aromatic carbocycles. The van der Waals surface area contributed by atoms with Gasteiger partial charge in [0.25, 0.3) is 0 Å². The number of halogens is 1. The van der Waals surface area contributed by atoms with Crippen molar-refractivity contribution in [2.24, 2.45) is 0 Å². The van der Waals surface area contributed by atoms with E-state index in [4.69, 9.17) is 21.6 Å². The molecule has 3 heteroatoms. The first-order valence-corrected chi connectivity index (χ1v) is 5.97. The van der Waals surface area contributed by atoms with E-state index in [0.29, 0.717) is 18.8 Å². The maximum atomic E-state index is 8.79. The maximum Gasteiger partial charge on any atom is 0.0991 e. The van der Waals surface area contributed by atoms with E-state index in [0.717, 1.165) is 16.1 Å². The maximum absolute atomic E-state index is 8.79. The van der Waals surface area contributed by atoms with Crippen LogP contribution in [-0.2, 0) is 18.0 Å². The molecule has 2 nitrogen and oxygen atoms in total. The van der Waals surface area contributed by atoms with E-state index >= 15 is 0 Å². The predicted molar refractivity (Wildman–Crippen MR) is 71.1 cm³/mol. The average Bonchev–Trinajstić information content (AvgIpc) is 2.41. The molecule has 0 aliphatic rings. The smallest absolute Gasteiger partial charge is 0.0991 e. The molecule has 0 fully saturated rings. The van der Waals surface area contributed by atoms with Crippen molar-refractivity contribution in [2.75, 3.05) is 0 Å². The molecule has 0 amide bonds. The lowest BCUT2D eigenvalue weighted by molar-refractivity contribution is 0.107. The van der Waals surface area contributed by atoms with Crippen LogP contribution in [0, 0.1) is 11.3 Å². The fourth-order valence-corrected chi connectivity index (χ4v) is 1.72. The highest BCUT2D eigenvalue weighted by molar-refractivity contribution is 6.30. The van der Waals surface area contributed by atoms with Crippen molar-refractivity contribution in [3.63, 3.8) is 0 Å². The number of ether oxygens (including phenoxy) is 1. The van der Waals surface area contributed by atoms with Gasteiger partial charge in [0.15, 0.2) is 0 Å². The van der Waals surface area contributed by atoms with Crippen LogP contribution in [0.1, 0.15) is 16.7 Å². The Bertz CT molecular complexity index is 557. The highest BCUT2D eigenvalue weighted by Gasteiger charge is 1.97. The van der Waals surface area contributed by atoms with Crippen molar-refractivity contribution >= 4 is 11.6 Å². The van der Waals surface area contributed by atoms with Crippen LogP contribution in [0.25, 0.3) is 0 Å². The molecule has 0 saturated carbocycles. The van der Waals surface area contributed by atoms with Crippen LogP contribution in [-0.4, -0.2) is 0 Å². The van der Waals surface area contributed by atoms with E-state index in [2.05, 4.69) is 6.07 Å². The number of hydrogen-bond acceptors (Lipinski definition) is 2. The topological polar surface area (TPSA) is 33.0 Å². The Morgan fingerprint density at radius 3 is 2.44 bits per heavy atom. The largest absolute Gasteiger partial charge is 0.372 e. The minimum Gasteiger partial charge on any atom is -0.372 e. The van der Waals surface area contributed by atoms with Crippen molar-refractivity contribution in [3.8, 4) is 6.07 Å². The molecule has 2 aromatic rings. The molecule has 0 aliphatic carbocycles. The number of rotatable bonds is 4. The van der Waals surface area contributed by atoms with Crippen LogP contribution in [0.2, 0.25) is 5.02 Å². The van der Waals surface area contributed by atoms with Gasteiger partial charge in [-0.25, -0.2) is 0 Å². The minimum absolute atomic E-state index is 0.498. The predicted octanol–water partition coefficient (Wildman–Crippen LogP) is 3.93. The fourth-order valence-electron chi connectivity index (χ4n) is 1.60. The third-order valence-electron chi connectivity index (χ3n) is 2.51. The molecule has 0 aliphatic heterocycles. The first-order chi connectivity index (χ1) is 8.78. The first kappa shape index (κ1) is 12.6. The molecule has 0 heterocycles. The normalized spacial score (nSPS) is 10.0. The van der Waals surface area contributed by atoms with E-state index in [1.807, 2.05) is 42.5 Å². The summed E-state index contributed by atoms with van der Waals surface area (Å²) in [6.45, 7) is 1.03. The van der Waals surface area contributed by atoms with Crippen LogP contribution < -0.4 is 0 Å². The van der Waals surface area contributed by atoms with Crippen molar-refractivity contribution in [3.05, 3.63) is 70.2 Å². The first-order valence-electron chi connectivity index (χ1n) is 5.59. The summed E-state index contributed by atoms with van der Waals surface area (Å²) >= 11 is 5.80. The SMILES string of the molecule is N#Cc1cccc(COCc2ccc(Cl)cc2)c1. The Hall–Kier alpha value is -1.82. The van der Waals surface area contributed by atoms with Crippen LogP contribution in [0.3, 0.4) is 0 Å². The zero-order chi connectivity index (χ0) is 12.8. The zero-order valence-electron chi connectivity index (χ0n) is 9.77. The lowest BCUT2D eigenvalue weighted by Crippen LogP contribution is -1.94. The fraction of sp³-hybridized carbons (Fsp3) is 0.133. The van der Waals surface area contributed by atoms with Gasteiger partial charge in [-0.1, -0.05) is 35.9 Å². The average molecular weight is 258 g/mol. The van der Waals surface area contributed by atoms with Gasteiger partial charge in [-0.15, -0.1) is 0 Å². The summed E-state index contributed by atoms with van der Waals surface area (Å²) in [6, 6.07) is 17.1. The molecule has 0 atom stereocenters. The summed E-state index contributed by atoms with van der Waals surface area (Å²) in [7, 11) is 0. The molecule has 0 radical (unpaired) electrons. The van der Waals surface area contributed by atoms with Gasteiger partial charge in [0, 0.05) is 5.02 Å². The molecule has 2 rings (SSSR count). The Kier molecular flexibility index (Phi) is 4.35. The van der Waals surface area contributed by atoms with Gasteiger partial charge in [0.05, 0.1) is 24.8 Å². The molecule has 0 aromatic heterocycles. The number of nitriles is 1. The van der Waals surface area contributed by atoms with E-state index in [1.165, 1.54) is 0 Å². The Morgan fingerprint density at radius 1 is 1.00 bits per heavy atom. The van der Waals surface area contributed by atoms with Gasteiger partial charge in [-0.2, -0.15) is 5.26 Å². The van der Waals surface area contributed by atoms with Crippen LogP contribution in [0.4, 0.5) is 0 Å². The van der Waals surface area contributed by atoms with Gasteiger partial charge in [0.1, 0.15) is 0 Å². The second-order valence-corrected chi connectivity index (χ2v) is 4.37. The van der Waals surface area contributed by atoms with Gasteiger partial charge >= 0.3 is 0 Å². The zero-order valence-corrected chi connectivity index (χ0v) is 10.5. The molecular weight excluding hydrogens is 246 g/mol. The molecule has 0 unspecified atom stereocenters. The van der Waals surface area contributed by atoms with E-state index < -0.39 is 0 Å². The third kappa shape index (κ3) is 3.59. The Balaban J connectivity index is 1.88. The summed E-state index contributed by atoms with van der Waals surface area (Å²) in [4.78, 5) is 0. The standard InChI is InChI=1S/C15H12ClNO/c16-15-6-4-12(5-7-15)10-18-11-14-3-1-2-13(8-14)9-17/h1-8H,10-11H2. The lowest BCUT2D eigenvalue weighted by atomic mass is 10.1.